The molecule has 2 aromatic carbocycles. The molecule has 2 heterocycles. The number of nitrogens with zero attached hydrogens (tertiary/aromatic N) is 4. The number of imide groups is 1. The molecule has 3 aromatic rings. The Labute approximate surface area is 185 Å². The van der Waals surface area contributed by atoms with Crippen LogP contribution >= 0.6 is 0 Å². The molecule has 0 fully saturated rings. The summed E-state index contributed by atoms with van der Waals surface area (Å²) in [5, 5.41) is 8.99. The second kappa shape index (κ2) is 9.23. The van der Waals surface area contributed by atoms with Gasteiger partial charge in [-0.15, -0.1) is 0 Å². The normalized spacial score (nSPS) is 12.4. The van der Waals surface area contributed by atoms with Crippen molar-refractivity contribution in [3.8, 4) is 6.07 Å². The lowest BCUT2D eigenvalue weighted by Gasteiger charge is -2.22. The molecule has 0 saturated heterocycles. The quantitative estimate of drug-likeness (QED) is 0.542. The SMILES string of the molecule is N#CCCN(Cc1cccnc1)C(=O)c1ccc2c(c1)C(=O)N(Cc1ccccc1)C2=O. The Morgan fingerprint density at radius 3 is 2.44 bits per heavy atom. The fourth-order valence-corrected chi connectivity index (χ4v) is 3.67. The number of hydrogen-bond donors (Lipinski definition) is 0. The monoisotopic (exact) mass is 424 g/mol. The first-order chi connectivity index (χ1) is 15.6. The summed E-state index contributed by atoms with van der Waals surface area (Å²) in [6.45, 7) is 0.707. The van der Waals surface area contributed by atoms with Gasteiger partial charge in [0.2, 0.25) is 0 Å². The number of hydrogen-bond acceptors (Lipinski definition) is 5. The minimum Gasteiger partial charge on any atom is -0.333 e. The van der Waals surface area contributed by atoms with Gasteiger partial charge in [-0.25, -0.2) is 0 Å². The maximum atomic E-state index is 13.2. The Kier molecular flexibility index (Phi) is 6.04. The third kappa shape index (κ3) is 4.25. The average Bonchev–Trinajstić information content (AvgIpc) is 3.07. The van der Waals surface area contributed by atoms with Crippen LogP contribution in [0.1, 0.15) is 48.6 Å². The maximum Gasteiger partial charge on any atom is 0.261 e. The number of carbonyl (C=O) groups is 3. The minimum atomic E-state index is -0.417. The first-order valence-electron chi connectivity index (χ1n) is 10.2. The molecule has 1 aliphatic heterocycles. The van der Waals surface area contributed by atoms with E-state index in [4.69, 9.17) is 5.26 Å². The number of carbonyl (C=O) groups excluding carboxylic acids is 3. The largest absolute Gasteiger partial charge is 0.333 e. The van der Waals surface area contributed by atoms with Crippen LogP contribution in [0.5, 0.6) is 0 Å². The highest BCUT2D eigenvalue weighted by molar-refractivity contribution is 6.22. The predicted octanol–water partition coefficient (Wildman–Crippen LogP) is 3.43. The van der Waals surface area contributed by atoms with E-state index in [1.165, 1.54) is 17.0 Å². The average molecular weight is 424 g/mol. The number of fused-ring (bicyclic) bond motifs is 1. The molecule has 32 heavy (non-hydrogen) atoms. The zero-order valence-electron chi connectivity index (χ0n) is 17.3. The summed E-state index contributed by atoms with van der Waals surface area (Å²) in [6, 6.07) is 19.5. The maximum absolute atomic E-state index is 13.2. The van der Waals surface area contributed by atoms with E-state index in [-0.39, 0.29) is 36.9 Å². The van der Waals surface area contributed by atoms with Crippen LogP contribution in [0.3, 0.4) is 0 Å². The summed E-state index contributed by atoms with van der Waals surface area (Å²) < 4.78 is 0. The van der Waals surface area contributed by atoms with Gasteiger partial charge in [0.25, 0.3) is 17.7 Å². The van der Waals surface area contributed by atoms with Gasteiger partial charge in [-0.1, -0.05) is 36.4 Å². The Morgan fingerprint density at radius 2 is 1.72 bits per heavy atom. The van der Waals surface area contributed by atoms with Gasteiger partial charge in [-0.2, -0.15) is 5.26 Å². The fourth-order valence-electron chi connectivity index (χ4n) is 3.67. The van der Waals surface area contributed by atoms with Crippen LogP contribution in [0.4, 0.5) is 0 Å². The van der Waals surface area contributed by atoms with E-state index in [0.717, 1.165) is 11.1 Å². The third-order valence-corrected chi connectivity index (χ3v) is 5.28. The second-order valence-corrected chi connectivity index (χ2v) is 7.44. The Bertz CT molecular complexity index is 1200. The molecule has 3 amide bonds. The van der Waals surface area contributed by atoms with Gasteiger partial charge in [0.05, 0.1) is 30.2 Å². The Hall–Kier alpha value is -4.31. The van der Waals surface area contributed by atoms with Crippen LogP contribution in [-0.2, 0) is 13.1 Å². The van der Waals surface area contributed by atoms with E-state index >= 15 is 0 Å². The number of pyridine rings is 1. The highest BCUT2D eigenvalue weighted by Gasteiger charge is 2.36. The van der Waals surface area contributed by atoms with E-state index in [2.05, 4.69) is 11.1 Å². The van der Waals surface area contributed by atoms with E-state index in [1.807, 2.05) is 36.4 Å². The summed E-state index contributed by atoms with van der Waals surface area (Å²) in [4.78, 5) is 45.7. The molecule has 0 saturated carbocycles. The van der Waals surface area contributed by atoms with Gasteiger partial charge in [-0.05, 0) is 35.4 Å². The third-order valence-electron chi connectivity index (χ3n) is 5.28. The summed E-state index contributed by atoms with van der Waals surface area (Å²) in [6.07, 6.45) is 3.49. The predicted molar refractivity (Wildman–Crippen MR) is 116 cm³/mol. The van der Waals surface area contributed by atoms with Crippen molar-refractivity contribution in [3.05, 3.63) is 101 Å². The van der Waals surface area contributed by atoms with Gasteiger partial charge < -0.3 is 4.90 Å². The number of benzene rings is 2. The van der Waals surface area contributed by atoms with Crippen molar-refractivity contribution in [2.75, 3.05) is 6.54 Å². The number of nitriles is 1. The van der Waals surface area contributed by atoms with Crippen molar-refractivity contribution in [1.29, 1.82) is 5.26 Å². The number of aromatic nitrogens is 1. The van der Waals surface area contributed by atoms with Crippen molar-refractivity contribution in [2.24, 2.45) is 0 Å². The van der Waals surface area contributed by atoms with Crippen LogP contribution in [0.15, 0.2) is 73.1 Å². The topological polar surface area (TPSA) is 94.4 Å². The highest BCUT2D eigenvalue weighted by atomic mass is 16.2. The summed E-state index contributed by atoms with van der Waals surface area (Å²) in [5.74, 6) is -1.10. The lowest BCUT2D eigenvalue weighted by molar-refractivity contribution is 0.0642. The lowest BCUT2D eigenvalue weighted by Crippen LogP contribution is -2.31. The molecule has 0 aliphatic carbocycles. The van der Waals surface area contributed by atoms with Crippen molar-refractivity contribution in [2.45, 2.75) is 19.5 Å². The standard InChI is InChI=1S/C25H20N4O3/c26-11-5-13-28(16-19-8-4-12-27-15-19)23(30)20-9-10-21-22(14-20)25(32)29(24(21)31)17-18-6-2-1-3-7-18/h1-4,6-10,12,14-15H,5,13,16-17H2. The van der Waals surface area contributed by atoms with Crippen LogP contribution in [0.25, 0.3) is 0 Å². The molecule has 7 nitrogen and oxygen atoms in total. The van der Waals surface area contributed by atoms with Crippen molar-refractivity contribution in [3.63, 3.8) is 0 Å². The van der Waals surface area contributed by atoms with Gasteiger partial charge in [0, 0.05) is 31.0 Å². The molecule has 1 aliphatic rings. The first kappa shape index (κ1) is 20.9. The van der Waals surface area contributed by atoms with E-state index < -0.39 is 5.91 Å². The van der Waals surface area contributed by atoms with Crippen LogP contribution < -0.4 is 0 Å². The van der Waals surface area contributed by atoms with Gasteiger partial charge in [0.15, 0.2) is 0 Å². The van der Waals surface area contributed by atoms with Crippen molar-refractivity contribution in [1.82, 2.24) is 14.8 Å². The van der Waals surface area contributed by atoms with Gasteiger partial charge in [0.1, 0.15) is 0 Å². The fraction of sp³-hybridized carbons (Fsp3) is 0.160. The van der Waals surface area contributed by atoms with E-state index in [0.29, 0.717) is 17.7 Å². The number of amides is 3. The van der Waals surface area contributed by atoms with Crippen molar-refractivity contribution < 1.29 is 14.4 Å². The zero-order chi connectivity index (χ0) is 22.5. The first-order valence-corrected chi connectivity index (χ1v) is 10.2. The molecule has 0 unspecified atom stereocenters. The van der Waals surface area contributed by atoms with Gasteiger partial charge >= 0.3 is 0 Å². The summed E-state index contributed by atoms with van der Waals surface area (Å²) in [5.41, 5.74) is 2.49. The molecule has 0 radical (unpaired) electrons. The molecular weight excluding hydrogens is 404 g/mol. The number of rotatable bonds is 7. The molecule has 4 rings (SSSR count). The van der Waals surface area contributed by atoms with E-state index in [9.17, 15) is 14.4 Å². The second-order valence-electron chi connectivity index (χ2n) is 7.44. The van der Waals surface area contributed by atoms with E-state index in [1.54, 1.807) is 29.4 Å². The molecule has 0 bridgehead atoms. The van der Waals surface area contributed by atoms with Crippen LogP contribution in [-0.4, -0.2) is 39.1 Å². The molecule has 1 aromatic heterocycles. The van der Waals surface area contributed by atoms with Gasteiger partial charge in [-0.3, -0.25) is 24.3 Å². The highest BCUT2D eigenvalue weighted by Crippen LogP contribution is 2.26. The summed E-state index contributed by atoms with van der Waals surface area (Å²) in [7, 11) is 0. The minimum absolute atomic E-state index is 0.172. The molecule has 158 valence electrons. The summed E-state index contributed by atoms with van der Waals surface area (Å²) >= 11 is 0. The van der Waals surface area contributed by atoms with Crippen LogP contribution in [0, 0.1) is 11.3 Å². The molecule has 7 heteroatoms. The Morgan fingerprint density at radius 1 is 0.969 bits per heavy atom. The van der Waals surface area contributed by atoms with Crippen molar-refractivity contribution >= 4 is 17.7 Å². The molecule has 0 spiro atoms. The zero-order valence-corrected chi connectivity index (χ0v) is 17.3. The molecular formula is C25H20N4O3. The molecule has 0 N–H and O–H groups in total. The smallest absolute Gasteiger partial charge is 0.261 e. The Balaban J connectivity index is 1.58. The van der Waals surface area contributed by atoms with Crippen LogP contribution in [0.2, 0.25) is 0 Å². The molecule has 0 atom stereocenters. The lowest BCUT2D eigenvalue weighted by atomic mass is 10.0.